The van der Waals surface area contributed by atoms with Gasteiger partial charge in [-0.3, -0.25) is 9.74 Å². The highest BCUT2D eigenvalue weighted by molar-refractivity contribution is 6.75. The van der Waals surface area contributed by atoms with Crippen molar-refractivity contribution < 1.29 is 38.3 Å². The van der Waals surface area contributed by atoms with Crippen LogP contribution in [0.2, 0.25) is 17.6 Å². The lowest BCUT2D eigenvalue weighted by molar-refractivity contribution is -0.0599. The van der Waals surface area contributed by atoms with Gasteiger partial charge in [0.25, 0.3) is 6.17 Å². The molecule has 0 amide bonds. The standard InChI is InChI=1S/C45H72N4O8Si/c1-15-16-17-18-33-36-31(41(52-10)28(6)43(54-12)39(36)50)23-34(47-33)38-37-32(42(53-11)29(7)44(55-13)40(37)51)24-35(48(38)9)45(46-8)49-20-22-56-30(25-49)19-21-57-58(14,26(2)3)27(4)5/h26-27,30,33-35,38,45,47,50-51H,15-25H2,1-7,9-14H3/t30-,33-,34?,35?,38?,45?/m0/s1. The Labute approximate surface area is 349 Å². The van der Waals surface area contributed by atoms with Crippen LogP contribution in [0, 0.1) is 20.4 Å². The van der Waals surface area contributed by atoms with Crippen molar-refractivity contribution in [3.05, 3.63) is 44.8 Å². The van der Waals surface area contributed by atoms with E-state index in [9.17, 15) is 10.2 Å². The highest BCUT2D eigenvalue weighted by Gasteiger charge is 2.50. The van der Waals surface area contributed by atoms with Crippen LogP contribution in [0.25, 0.3) is 4.85 Å². The maximum Gasteiger partial charge on any atom is 0.295 e. The summed E-state index contributed by atoms with van der Waals surface area (Å²) in [6.07, 6.45) is 5.11. The monoisotopic (exact) mass is 825 g/mol. The molecular formula is C45H72N4O8Si. The Morgan fingerprint density at radius 1 is 0.862 bits per heavy atom. The fourth-order valence-corrected chi connectivity index (χ4v) is 12.7. The molecule has 4 unspecified atom stereocenters. The van der Waals surface area contributed by atoms with Crippen molar-refractivity contribution in [2.24, 2.45) is 0 Å². The fraction of sp³-hybridized carbons (Fsp3) is 0.711. The molecule has 3 N–H and O–H groups in total. The van der Waals surface area contributed by atoms with Gasteiger partial charge in [0, 0.05) is 71.6 Å². The molecule has 58 heavy (non-hydrogen) atoms. The molecule has 13 heteroatoms. The average Bonchev–Trinajstić information content (AvgIpc) is 3.19. The molecule has 0 saturated carbocycles. The predicted molar refractivity (Wildman–Crippen MR) is 231 cm³/mol. The van der Waals surface area contributed by atoms with Crippen LogP contribution in [0.5, 0.6) is 34.5 Å². The highest BCUT2D eigenvalue weighted by atomic mass is 28.4. The van der Waals surface area contributed by atoms with Crippen molar-refractivity contribution in [1.82, 2.24) is 15.1 Å². The maximum atomic E-state index is 12.2. The number of nitrogens with zero attached hydrogens (tertiary/aromatic N) is 3. The molecule has 0 spiro atoms. The molecular weight excluding hydrogens is 753 g/mol. The Balaban J connectivity index is 1.58. The molecule has 12 nitrogen and oxygen atoms in total. The number of rotatable bonds is 17. The molecule has 0 bridgehead atoms. The van der Waals surface area contributed by atoms with Gasteiger partial charge < -0.3 is 43.6 Å². The van der Waals surface area contributed by atoms with E-state index >= 15 is 0 Å². The minimum Gasteiger partial charge on any atom is -0.504 e. The largest absolute Gasteiger partial charge is 0.504 e. The van der Waals surface area contributed by atoms with Crippen LogP contribution in [0.3, 0.4) is 0 Å². The quantitative estimate of drug-likeness (QED) is 0.0814. The number of phenolic OH excluding ortho intramolecular Hbond substituents is 2. The summed E-state index contributed by atoms with van der Waals surface area (Å²) in [7, 11) is 6.66. The van der Waals surface area contributed by atoms with Gasteiger partial charge in [0.1, 0.15) is 17.5 Å². The topological polar surface area (TPSA) is 119 Å². The first kappa shape index (κ1) is 45.8. The highest BCUT2D eigenvalue weighted by Crippen LogP contribution is 2.55. The lowest BCUT2D eigenvalue weighted by atomic mass is 9.76. The molecule has 0 radical (unpaired) electrons. The van der Waals surface area contributed by atoms with Crippen LogP contribution < -0.4 is 24.3 Å². The minimum absolute atomic E-state index is 0.0431. The van der Waals surface area contributed by atoms with E-state index in [4.69, 9.17) is 34.7 Å². The third kappa shape index (κ3) is 8.52. The molecule has 3 heterocycles. The van der Waals surface area contributed by atoms with Crippen molar-refractivity contribution >= 4 is 8.32 Å². The summed E-state index contributed by atoms with van der Waals surface area (Å²) in [5.41, 5.74) is 5.85. The number of hydrogen-bond donors (Lipinski definition) is 3. The lowest BCUT2D eigenvalue weighted by Crippen LogP contribution is -2.60. The SMILES string of the molecule is [C-]#[N+]C(C1Cc2c(OC)c(C)c(OC)c(O)c2C(C2Cc3c(OC)c(C)c(OC)c(O)c3[C@H](CCCCC)N2)N1C)N1CCO[C@@H](CCO[Si](C)(C(C)C)C(C)C)C1. The van der Waals surface area contributed by atoms with Crippen molar-refractivity contribution in [2.75, 3.05) is 61.8 Å². The first-order valence-corrected chi connectivity index (χ1v) is 24.0. The van der Waals surface area contributed by atoms with Crippen LogP contribution in [-0.4, -0.2) is 114 Å². The number of unbranched alkanes of at least 4 members (excludes halogenated alkanes) is 2. The van der Waals surface area contributed by atoms with Gasteiger partial charge in [-0.1, -0.05) is 53.9 Å². The number of methoxy groups -OCH3 is 4. The van der Waals surface area contributed by atoms with E-state index in [1.54, 1.807) is 28.4 Å². The van der Waals surface area contributed by atoms with E-state index < -0.39 is 20.5 Å². The zero-order chi connectivity index (χ0) is 42.6. The number of hydrogen-bond acceptors (Lipinski definition) is 11. The van der Waals surface area contributed by atoms with Crippen molar-refractivity contribution in [1.29, 1.82) is 0 Å². The van der Waals surface area contributed by atoms with Crippen LogP contribution in [0.4, 0.5) is 0 Å². The molecule has 3 aliphatic rings. The summed E-state index contributed by atoms with van der Waals surface area (Å²) in [5, 5.41) is 28.0. The lowest BCUT2D eigenvalue weighted by Gasteiger charge is -2.49. The number of benzene rings is 2. The van der Waals surface area contributed by atoms with Gasteiger partial charge >= 0.3 is 0 Å². The van der Waals surface area contributed by atoms with E-state index in [0.29, 0.717) is 73.2 Å². The third-order valence-corrected chi connectivity index (χ3v) is 19.2. The number of aromatic hydroxyl groups is 2. The molecule has 0 aliphatic carbocycles. The Morgan fingerprint density at radius 3 is 1.97 bits per heavy atom. The Hall–Kier alpha value is -3.25. The van der Waals surface area contributed by atoms with Crippen LogP contribution in [0.1, 0.15) is 112 Å². The number of phenols is 2. The predicted octanol–water partition coefficient (Wildman–Crippen LogP) is 8.23. The van der Waals surface area contributed by atoms with Crippen LogP contribution >= 0.6 is 0 Å². The minimum atomic E-state index is -1.91. The summed E-state index contributed by atoms with van der Waals surface area (Å²) < 4.78 is 36.9. The second kappa shape index (κ2) is 19.4. The van der Waals surface area contributed by atoms with Gasteiger partial charge in [-0.05, 0) is 57.8 Å². The third-order valence-electron chi connectivity index (χ3n) is 13.8. The van der Waals surface area contributed by atoms with E-state index in [-0.39, 0.29) is 35.7 Å². The zero-order valence-electron chi connectivity index (χ0n) is 37.6. The van der Waals surface area contributed by atoms with Gasteiger partial charge in [0.15, 0.2) is 31.3 Å². The van der Waals surface area contributed by atoms with E-state index in [1.165, 1.54) is 0 Å². The van der Waals surface area contributed by atoms with Gasteiger partial charge in [-0.25, -0.2) is 11.5 Å². The fourth-order valence-electron chi connectivity index (χ4n) is 10.1. The van der Waals surface area contributed by atoms with Gasteiger partial charge in [0.2, 0.25) is 0 Å². The van der Waals surface area contributed by atoms with Crippen molar-refractivity contribution in [3.63, 3.8) is 0 Å². The molecule has 0 aromatic heterocycles. The molecule has 1 saturated heterocycles. The van der Waals surface area contributed by atoms with Crippen molar-refractivity contribution in [3.8, 4) is 34.5 Å². The molecule has 3 aliphatic heterocycles. The van der Waals surface area contributed by atoms with Gasteiger partial charge in [-0.2, -0.15) is 0 Å². The second-order valence-corrected chi connectivity index (χ2v) is 22.4. The number of ether oxygens (including phenoxy) is 5. The molecule has 2 aromatic carbocycles. The number of likely N-dealkylation sites (N-methyl/N-ethyl adjacent to an activating group) is 1. The Kier molecular flexibility index (Phi) is 15.3. The smallest absolute Gasteiger partial charge is 0.295 e. The summed E-state index contributed by atoms with van der Waals surface area (Å²) in [5.74, 6) is 2.40. The number of nitrogens with one attached hydrogen (secondary N) is 1. The maximum absolute atomic E-state index is 12.2. The molecule has 2 aromatic rings. The number of fused-ring (bicyclic) bond motifs is 2. The number of morpholine rings is 1. The summed E-state index contributed by atoms with van der Waals surface area (Å²) in [4.78, 5) is 8.97. The molecule has 5 rings (SSSR count). The average molecular weight is 825 g/mol. The normalized spacial score (nSPS) is 23.3. The van der Waals surface area contributed by atoms with Crippen LogP contribution in [-0.2, 0) is 22.0 Å². The first-order chi connectivity index (χ1) is 27.6. The van der Waals surface area contributed by atoms with Crippen LogP contribution in [0.15, 0.2) is 0 Å². The molecule has 1 fully saturated rings. The van der Waals surface area contributed by atoms with E-state index in [2.05, 4.69) is 68.2 Å². The van der Waals surface area contributed by atoms with Gasteiger partial charge in [-0.15, -0.1) is 0 Å². The summed E-state index contributed by atoms with van der Waals surface area (Å²) >= 11 is 0. The van der Waals surface area contributed by atoms with E-state index in [0.717, 1.165) is 65.5 Å². The van der Waals surface area contributed by atoms with E-state index in [1.807, 2.05) is 13.8 Å². The first-order valence-electron chi connectivity index (χ1n) is 21.4. The molecule has 6 atom stereocenters. The summed E-state index contributed by atoms with van der Waals surface area (Å²) in [6, 6.07) is -1.13. The zero-order valence-corrected chi connectivity index (χ0v) is 38.6. The molecule has 324 valence electrons. The second-order valence-electron chi connectivity index (χ2n) is 17.4. The van der Waals surface area contributed by atoms with Crippen molar-refractivity contribution in [2.45, 2.75) is 147 Å². The Bertz CT molecular complexity index is 1770. The van der Waals surface area contributed by atoms with Gasteiger partial charge in [0.05, 0.1) is 47.2 Å². The summed E-state index contributed by atoms with van der Waals surface area (Å²) in [6.45, 7) is 28.7. The Morgan fingerprint density at radius 2 is 1.43 bits per heavy atom.